The van der Waals surface area contributed by atoms with E-state index in [4.69, 9.17) is 0 Å². The molecule has 0 aromatic rings. The summed E-state index contributed by atoms with van der Waals surface area (Å²) in [7, 11) is 0. The molecule has 0 spiro atoms. The van der Waals surface area contributed by atoms with Gasteiger partial charge in [0.1, 0.15) is 0 Å². The van der Waals surface area contributed by atoms with Crippen LogP contribution < -0.4 is 0 Å². The highest BCUT2D eigenvalue weighted by Gasteiger charge is 2.39. The van der Waals surface area contributed by atoms with Gasteiger partial charge in [-0.3, -0.25) is 0 Å². The van der Waals surface area contributed by atoms with Crippen molar-refractivity contribution in [2.75, 3.05) is 0 Å². The maximum atomic E-state index is 2.46. The second-order valence-corrected chi connectivity index (χ2v) is 4.99. The molecule has 2 rings (SSSR count). The lowest BCUT2D eigenvalue weighted by atomic mass is 9.76. The quantitative estimate of drug-likeness (QED) is 0.511. The van der Waals surface area contributed by atoms with Crippen molar-refractivity contribution in [2.45, 2.75) is 33.6 Å². The van der Waals surface area contributed by atoms with Crippen LogP contribution in [0.1, 0.15) is 33.6 Å². The molecule has 0 heteroatoms. The second-order valence-electron chi connectivity index (χ2n) is 4.99. The summed E-state index contributed by atoms with van der Waals surface area (Å²) >= 11 is 0. The third-order valence-corrected chi connectivity index (χ3v) is 3.53. The van der Waals surface area contributed by atoms with Crippen LogP contribution in [0.2, 0.25) is 0 Å². The molecule has 2 aliphatic carbocycles. The van der Waals surface area contributed by atoms with Crippen molar-refractivity contribution in [3.8, 4) is 0 Å². The molecule has 0 nitrogen and oxygen atoms in total. The highest BCUT2D eigenvalue weighted by atomic mass is 14.4. The average Bonchev–Trinajstić information content (AvgIpc) is 2.27. The fourth-order valence-corrected chi connectivity index (χ4v) is 2.70. The Labute approximate surface area is 75.4 Å². The summed E-state index contributed by atoms with van der Waals surface area (Å²) in [6.45, 7) is 7.00. The molecule has 12 heavy (non-hydrogen) atoms. The van der Waals surface area contributed by atoms with Crippen LogP contribution in [0, 0.1) is 17.3 Å². The van der Waals surface area contributed by atoms with Crippen molar-refractivity contribution in [1.82, 2.24) is 0 Å². The van der Waals surface area contributed by atoms with Gasteiger partial charge in [-0.05, 0) is 37.0 Å². The van der Waals surface area contributed by atoms with Crippen molar-refractivity contribution in [3.05, 3.63) is 23.8 Å². The zero-order chi connectivity index (χ0) is 8.77. The van der Waals surface area contributed by atoms with E-state index in [-0.39, 0.29) is 0 Å². The van der Waals surface area contributed by atoms with Crippen LogP contribution in [-0.4, -0.2) is 0 Å². The molecule has 0 radical (unpaired) electrons. The van der Waals surface area contributed by atoms with Crippen LogP contribution in [0.5, 0.6) is 0 Å². The van der Waals surface area contributed by atoms with Gasteiger partial charge in [0, 0.05) is 0 Å². The smallest absolute Gasteiger partial charge is 0.0116 e. The number of hydrogen-bond acceptors (Lipinski definition) is 0. The largest absolute Gasteiger partial charge is 0.0800 e. The Morgan fingerprint density at radius 1 is 1.42 bits per heavy atom. The first-order valence-corrected chi connectivity index (χ1v) is 4.96. The van der Waals surface area contributed by atoms with Crippen molar-refractivity contribution in [1.29, 1.82) is 0 Å². The van der Waals surface area contributed by atoms with Gasteiger partial charge in [0.25, 0.3) is 0 Å². The third kappa shape index (κ3) is 1.14. The Balaban J connectivity index is 2.26. The highest BCUT2D eigenvalue weighted by molar-refractivity contribution is 5.26. The summed E-state index contributed by atoms with van der Waals surface area (Å²) in [6.07, 6.45) is 9.94. The van der Waals surface area contributed by atoms with Crippen molar-refractivity contribution < 1.29 is 0 Å². The molecule has 0 saturated heterocycles. The molecule has 0 aromatic heterocycles. The van der Waals surface area contributed by atoms with Crippen LogP contribution in [-0.2, 0) is 0 Å². The standard InChI is InChI=1S/C12H18/c1-9-4-5-11-10(8-9)6-7-12(11,2)3/h4-5,8,10-11H,6-7H2,1-3H3. The minimum absolute atomic E-state index is 0.540. The minimum atomic E-state index is 0.540. The Kier molecular flexibility index (Phi) is 1.67. The molecule has 0 heterocycles. The molecule has 0 amide bonds. The summed E-state index contributed by atoms with van der Waals surface area (Å²) in [6, 6.07) is 0. The molecule has 0 aromatic carbocycles. The Morgan fingerprint density at radius 3 is 2.92 bits per heavy atom. The Bertz CT molecular complexity index is 243. The first kappa shape index (κ1) is 8.10. The summed E-state index contributed by atoms with van der Waals surface area (Å²) in [5.74, 6) is 1.64. The monoisotopic (exact) mass is 162 g/mol. The van der Waals surface area contributed by atoms with E-state index in [0.29, 0.717) is 5.41 Å². The SMILES string of the molecule is CC1=CC2CCC(C)(C)C2C=C1. The van der Waals surface area contributed by atoms with Crippen LogP contribution in [0.4, 0.5) is 0 Å². The number of hydrogen-bond donors (Lipinski definition) is 0. The summed E-state index contributed by atoms with van der Waals surface area (Å²) < 4.78 is 0. The van der Waals surface area contributed by atoms with E-state index in [1.165, 1.54) is 18.4 Å². The molecule has 66 valence electrons. The van der Waals surface area contributed by atoms with Gasteiger partial charge in [-0.1, -0.05) is 37.6 Å². The molecule has 2 unspecified atom stereocenters. The minimum Gasteiger partial charge on any atom is -0.0800 e. The van der Waals surface area contributed by atoms with Gasteiger partial charge >= 0.3 is 0 Å². The lowest BCUT2D eigenvalue weighted by Crippen LogP contribution is -2.20. The van der Waals surface area contributed by atoms with Crippen LogP contribution in [0.25, 0.3) is 0 Å². The van der Waals surface area contributed by atoms with Crippen molar-refractivity contribution in [2.24, 2.45) is 17.3 Å². The summed E-state index contributed by atoms with van der Waals surface area (Å²) in [5.41, 5.74) is 1.99. The fourth-order valence-electron chi connectivity index (χ4n) is 2.70. The molecule has 2 aliphatic rings. The van der Waals surface area contributed by atoms with Gasteiger partial charge in [-0.25, -0.2) is 0 Å². The number of rotatable bonds is 0. The van der Waals surface area contributed by atoms with Gasteiger partial charge < -0.3 is 0 Å². The third-order valence-electron chi connectivity index (χ3n) is 3.53. The van der Waals surface area contributed by atoms with Gasteiger partial charge in [0.05, 0.1) is 0 Å². The maximum Gasteiger partial charge on any atom is -0.0116 e. The second kappa shape index (κ2) is 2.48. The highest BCUT2D eigenvalue weighted by Crippen LogP contribution is 2.49. The van der Waals surface area contributed by atoms with E-state index in [0.717, 1.165) is 11.8 Å². The van der Waals surface area contributed by atoms with E-state index in [1.807, 2.05) is 0 Å². The van der Waals surface area contributed by atoms with Gasteiger partial charge in [0.15, 0.2) is 0 Å². The summed E-state index contributed by atoms with van der Waals surface area (Å²) in [4.78, 5) is 0. The molecular weight excluding hydrogens is 144 g/mol. The van der Waals surface area contributed by atoms with Crippen LogP contribution in [0.15, 0.2) is 23.8 Å². The topological polar surface area (TPSA) is 0 Å². The van der Waals surface area contributed by atoms with E-state index >= 15 is 0 Å². The molecule has 1 fully saturated rings. The van der Waals surface area contributed by atoms with Gasteiger partial charge in [-0.15, -0.1) is 0 Å². The van der Waals surface area contributed by atoms with Gasteiger partial charge in [-0.2, -0.15) is 0 Å². The average molecular weight is 162 g/mol. The Hall–Kier alpha value is -0.520. The van der Waals surface area contributed by atoms with Crippen LogP contribution >= 0.6 is 0 Å². The number of fused-ring (bicyclic) bond motifs is 1. The predicted molar refractivity (Wildman–Crippen MR) is 52.9 cm³/mol. The molecule has 0 N–H and O–H groups in total. The molecule has 0 bridgehead atoms. The lowest BCUT2D eigenvalue weighted by Gasteiger charge is -2.29. The number of allylic oxidation sites excluding steroid dienone is 4. The van der Waals surface area contributed by atoms with E-state index in [1.54, 1.807) is 0 Å². The predicted octanol–water partition coefficient (Wildman–Crippen LogP) is 3.55. The van der Waals surface area contributed by atoms with E-state index in [9.17, 15) is 0 Å². The molecule has 1 saturated carbocycles. The van der Waals surface area contributed by atoms with Gasteiger partial charge in [0.2, 0.25) is 0 Å². The zero-order valence-corrected chi connectivity index (χ0v) is 8.30. The Morgan fingerprint density at radius 2 is 2.17 bits per heavy atom. The van der Waals surface area contributed by atoms with Crippen molar-refractivity contribution in [3.63, 3.8) is 0 Å². The molecule has 0 aliphatic heterocycles. The maximum absolute atomic E-state index is 2.46. The lowest BCUT2D eigenvalue weighted by molar-refractivity contribution is 0.288. The van der Waals surface area contributed by atoms with E-state index in [2.05, 4.69) is 39.0 Å². The molecule has 2 atom stereocenters. The normalized spacial score (nSPS) is 37.8. The summed E-state index contributed by atoms with van der Waals surface area (Å²) in [5, 5.41) is 0. The van der Waals surface area contributed by atoms with Crippen LogP contribution in [0.3, 0.4) is 0 Å². The van der Waals surface area contributed by atoms with E-state index < -0.39 is 0 Å². The first-order chi connectivity index (χ1) is 5.59. The van der Waals surface area contributed by atoms with Crippen molar-refractivity contribution >= 4 is 0 Å². The first-order valence-electron chi connectivity index (χ1n) is 4.96. The fraction of sp³-hybridized carbons (Fsp3) is 0.667. The zero-order valence-electron chi connectivity index (χ0n) is 8.30. The molecular formula is C12H18.